The van der Waals surface area contributed by atoms with Crippen LogP contribution in [0, 0.1) is 0 Å². The van der Waals surface area contributed by atoms with Crippen molar-refractivity contribution in [1.29, 1.82) is 0 Å². The smallest absolute Gasteiger partial charge is 0.790 e. The van der Waals surface area contributed by atoms with E-state index in [4.69, 9.17) is 0 Å². The van der Waals surface area contributed by atoms with Crippen molar-refractivity contribution in [3.8, 4) is 0 Å². The molecule has 0 unspecified atom stereocenters. The molecule has 0 aromatic rings. The molecule has 56 valence electrons. The minimum atomic E-state index is -5.68. The number of phosphoric acid groups is 2. The van der Waals surface area contributed by atoms with Gasteiger partial charge in [-0.1, -0.05) is 0 Å². The van der Waals surface area contributed by atoms with E-state index in [1.54, 1.807) is 0 Å². The molecule has 0 bridgehead atoms. The predicted octanol–water partition coefficient (Wildman–Crippen LogP) is -3.72. The zero-order valence-corrected chi connectivity index (χ0v) is 9.93. The SMILES string of the molecule is O=P([O-])([O-])OP(=O)([O-])[O-].[Pb+4]. The largest absolute Gasteiger partial charge is 4.00 e. The van der Waals surface area contributed by atoms with Crippen molar-refractivity contribution < 1.29 is 33.0 Å². The van der Waals surface area contributed by atoms with Crippen LogP contribution in [-0.2, 0) is 13.4 Å². The van der Waals surface area contributed by atoms with Crippen LogP contribution >= 0.6 is 15.6 Å². The van der Waals surface area contributed by atoms with Gasteiger partial charge in [-0.05, 0) is 0 Å². The molecule has 0 N–H and O–H groups in total. The van der Waals surface area contributed by atoms with Gasteiger partial charge in [0.25, 0.3) is 0 Å². The zero-order chi connectivity index (χ0) is 7.71. The Kier molecular flexibility index (Phi) is 5.87. The molecule has 0 rings (SSSR count). The maximum absolute atomic E-state index is 9.32. The zero-order valence-electron chi connectivity index (χ0n) is 4.25. The molecule has 0 aliphatic heterocycles. The van der Waals surface area contributed by atoms with Crippen molar-refractivity contribution in [3.63, 3.8) is 0 Å². The molecule has 0 spiro atoms. The van der Waals surface area contributed by atoms with Gasteiger partial charge in [-0.2, -0.15) is 0 Å². The maximum atomic E-state index is 9.32. The van der Waals surface area contributed by atoms with E-state index in [0.717, 1.165) is 0 Å². The molecule has 0 aromatic heterocycles. The van der Waals surface area contributed by atoms with E-state index in [1.807, 2.05) is 0 Å². The van der Waals surface area contributed by atoms with Crippen LogP contribution in [-0.4, -0.2) is 27.3 Å². The molecular weight excluding hydrogens is 381 g/mol. The van der Waals surface area contributed by atoms with Gasteiger partial charge in [0.05, 0.1) is 15.6 Å². The third-order valence-corrected chi connectivity index (χ3v) is 1.80. The van der Waals surface area contributed by atoms with Crippen LogP contribution in [0.25, 0.3) is 0 Å². The van der Waals surface area contributed by atoms with E-state index < -0.39 is 15.6 Å². The van der Waals surface area contributed by atoms with Crippen molar-refractivity contribution in [2.24, 2.45) is 0 Å². The van der Waals surface area contributed by atoms with E-state index in [9.17, 15) is 28.7 Å². The number of hydrogen-bond donors (Lipinski definition) is 0. The van der Waals surface area contributed by atoms with Crippen LogP contribution in [0.1, 0.15) is 0 Å². The van der Waals surface area contributed by atoms with Gasteiger partial charge in [0.1, 0.15) is 0 Å². The van der Waals surface area contributed by atoms with E-state index >= 15 is 0 Å². The summed E-state index contributed by atoms with van der Waals surface area (Å²) < 4.78 is 21.2. The Morgan fingerprint density at radius 3 is 1.10 bits per heavy atom. The van der Waals surface area contributed by atoms with Crippen LogP contribution in [0.3, 0.4) is 0 Å². The van der Waals surface area contributed by atoms with Crippen molar-refractivity contribution in [1.82, 2.24) is 0 Å². The van der Waals surface area contributed by atoms with E-state index in [0.29, 0.717) is 0 Å². The summed E-state index contributed by atoms with van der Waals surface area (Å²) in [6.07, 6.45) is 0. The maximum Gasteiger partial charge on any atom is 4.00 e. The van der Waals surface area contributed by atoms with Gasteiger partial charge in [-0.3, -0.25) is 0 Å². The van der Waals surface area contributed by atoms with Crippen molar-refractivity contribution in [2.45, 2.75) is 0 Å². The molecule has 0 fully saturated rings. The molecule has 0 aromatic carbocycles. The van der Waals surface area contributed by atoms with Gasteiger partial charge in [-0.15, -0.1) is 0 Å². The first-order valence-corrected chi connectivity index (χ1v) is 4.38. The van der Waals surface area contributed by atoms with Crippen LogP contribution in [0.2, 0.25) is 0 Å². The second kappa shape index (κ2) is 4.27. The van der Waals surface area contributed by atoms with E-state index in [-0.39, 0.29) is 27.3 Å². The normalized spacial score (nSPS) is 12.4. The monoisotopic (exact) mass is 382 g/mol. The fraction of sp³-hybridized carbons (Fsp3) is 0. The van der Waals surface area contributed by atoms with E-state index in [2.05, 4.69) is 4.31 Å². The minimum absolute atomic E-state index is 0. The fourth-order valence-corrected chi connectivity index (χ4v) is 1.10. The molecule has 0 radical (unpaired) electrons. The van der Waals surface area contributed by atoms with Gasteiger partial charge in [0.2, 0.25) is 0 Å². The summed E-state index contributed by atoms with van der Waals surface area (Å²) in [5.41, 5.74) is 0. The molecule has 0 saturated heterocycles. The summed E-state index contributed by atoms with van der Waals surface area (Å²) in [6, 6.07) is 0. The quantitative estimate of drug-likeness (QED) is 0.355. The van der Waals surface area contributed by atoms with E-state index in [1.165, 1.54) is 0 Å². The molecule has 0 heterocycles. The number of rotatable bonds is 2. The summed E-state index contributed by atoms with van der Waals surface area (Å²) in [5, 5.41) is 0. The van der Waals surface area contributed by atoms with Crippen LogP contribution < -0.4 is 19.6 Å². The molecule has 0 atom stereocenters. The van der Waals surface area contributed by atoms with Gasteiger partial charge in [0.15, 0.2) is 0 Å². The van der Waals surface area contributed by atoms with Crippen LogP contribution in [0.5, 0.6) is 0 Å². The fourth-order valence-electron chi connectivity index (χ4n) is 0.122. The molecule has 0 saturated carbocycles. The summed E-state index contributed by atoms with van der Waals surface area (Å²) in [6.45, 7) is 0. The Hall–Kier alpha value is 1.18. The molecule has 0 aliphatic carbocycles. The number of hydrogen-bond acceptors (Lipinski definition) is 7. The second-order valence-electron chi connectivity index (χ2n) is 0.976. The topological polar surface area (TPSA) is 136 Å². The van der Waals surface area contributed by atoms with Crippen LogP contribution in [0.4, 0.5) is 0 Å². The molecule has 7 nitrogen and oxygen atoms in total. The average molecular weight is 381 g/mol. The Balaban J connectivity index is 0. The Morgan fingerprint density at radius 2 is 1.10 bits per heavy atom. The Labute approximate surface area is 76.0 Å². The second-order valence-corrected chi connectivity index (χ2v) is 3.42. The predicted molar refractivity (Wildman–Crippen MR) is 22.1 cm³/mol. The molecular formula is O7P2Pb. The first kappa shape index (κ1) is 13.8. The first-order valence-electron chi connectivity index (χ1n) is 1.46. The summed E-state index contributed by atoms with van der Waals surface area (Å²) in [7, 11) is -11.4. The van der Waals surface area contributed by atoms with Gasteiger partial charge in [-0.25, -0.2) is 0 Å². The van der Waals surface area contributed by atoms with Gasteiger partial charge in [0, 0.05) is 0 Å². The molecule has 0 amide bonds. The van der Waals surface area contributed by atoms with Crippen molar-refractivity contribution >= 4 is 42.9 Å². The molecule has 0 aliphatic rings. The molecule has 10 heteroatoms. The standard InChI is InChI=1S/H4O7P2.Pb/c1-8(2,3)7-9(4,5)6;/h(H2,1,2,3)(H2,4,5,6);/q;+4/p-4. The van der Waals surface area contributed by atoms with Crippen molar-refractivity contribution in [2.75, 3.05) is 0 Å². The molecule has 10 heavy (non-hydrogen) atoms. The third-order valence-electron chi connectivity index (χ3n) is 0.200. The third kappa shape index (κ3) is 11.9. The Morgan fingerprint density at radius 1 is 0.900 bits per heavy atom. The average Bonchev–Trinajstić information content (AvgIpc) is 1.14. The first-order chi connectivity index (χ1) is 3.71. The Bertz CT molecular complexity index is 152. The minimum Gasteiger partial charge on any atom is -0.790 e. The summed E-state index contributed by atoms with van der Waals surface area (Å²) >= 11 is 0. The summed E-state index contributed by atoms with van der Waals surface area (Å²) in [5.74, 6) is 0. The van der Waals surface area contributed by atoms with Crippen molar-refractivity contribution in [3.05, 3.63) is 0 Å². The van der Waals surface area contributed by atoms with Crippen LogP contribution in [0.15, 0.2) is 0 Å². The summed E-state index contributed by atoms with van der Waals surface area (Å²) in [4.78, 5) is 37.3. The van der Waals surface area contributed by atoms with Gasteiger partial charge >= 0.3 is 27.3 Å². The van der Waals surface area contributed by atoms with Gasteiger partial charge < -0.3 is 33.0 Å².